The van der Waals surface area contributed by atoms with Crippen LogP contribution in [0.25, 0.3) is 0 Å². The van der Waals surface area contributed by atoms with Crippen LogP contribution in [-0.2, 0) is 4.74 Å². The zero-order valence-corrected chi connectivity index (χ0v) is 9.69. The molecule has 2 heteroatoms. The van der Waals surface area contributed by atoms with Gasteiger partial charge in [-0.15, -0.1) is 0 Å². The minimum atomic E-state index is 0.216. The molecule has 4 aliphatic rings. The summed E-state index contributed by atoms with van der Waals surface area (Å²) in [6.07, 6.45) is 8.25. The third kappa shape index (κ3) is 1.55. The summed E-state index contributed by atoms with van der Waals surface area (Å²) in [7, 11) is 0. The van der Waals surface area contributed by atoms with Gasteiger partial charge in [-0.05, 0) is 55.8 Å². The molecular weight excluding hydrogens is 200 g/mol. The van der Waals surface area contributed by atoms with Gasteiger partial charge >= 0.3 is 0 Å². The van der Waals surface area contributed by atoms with Crippen LogP contribution in [0.15, 0.2) is 24.2 Å². The van der Waals surface area contributed by atoms with Crippen LogP contribution in [0.5, 0.6) is 0 Å². The molecule has 0 spiro atoms. The third-order valence-corrected chi connectivity index (χ3v) is 4.60. The second kappa shape index (κ2) is 3.83. The molecule has 4 bridgehead atoms. The number of hydrogen-bond acceptors (Lipinski definition) is 2. The van der Waals surface area contributed by atoms with E-state index in [9.17, 15) is 5.11 Å². The Morgan fingerprint density at radius 1 is 1.19 bits per heavy atom. The van der Waals surface area contributed by atoms with Gasteiger partial charge in [0.2, 0.25) is 0 Å². The minimum absolute atomic E-state index is 0.216. The van der Waals surface area contributed by atoms with Crippen LogP contribution in [0, 0.1) is 23.7 Å². The summed E-state index contributed by atoms with van der Waals surface area (Å²) >= 11 is 0. The molecule has 0 aromatic carbocycles. The molecular formula is C14H20O2. The summed E-state index contributed by atoms with van der Waals surface area (Å²) in [5, 5.41) is 10.0. The highest BCUT2D eigenvalue weighted by Crippen LogP contribution is 2.56. The SMILES string of the molecule is C=CCOC(O)=C1C2CC3CC(C2)CC1C3. The maximum atomic E-state index is 10.0. The van der Waals surface area contributed by atoms with Crippen LogP contribution in [0.3, 0.4) is 0 Å². The highest BCUT2D eigenvalue weighted by atomic mass is 16.6. The minimum Gasteiger partial charge on any atom is -0.481 e. The van der Waals surface area contributed by atoms with Crippen LogP contribution in [-0.4, -0.2) is 11.7 Å². The van der Waals surface area contributed by atoms with E-state index in [0.29, 0.717) is 18.4 Å². The van der Waals surface area contributed by atoms with Gasteiger partial charge in [-0.2, -0.15) is 0 Å². The van der Waals surface area contributed by atoms with E-state index in [-0.39, 0.29) is 5.95 Å². The first-order valence-corrected chi connectivity index (χ1v) is 6.44. The topological polar surface area (TPSA) is 29.5 Å². The fraction of sp³-hybridized carbons (Fsp3) is 0.714. The lowest BCUT2D eigenvalue weighted by atomic mass is 9.54. The lowest BCUT2D eigenvalue weighted by molar-refractivity contribution is 0.0367. The Labute approximate surface area is 97.0 Å². The quantitative estimate of drug-likeness (QED) is 0.583. The first-order chi connectivity index (χ1) is 7.78. The molecule has 0 heterocycles. The number of aliphatic hydroxyl groups is 1. The fourth-order valence-electron chi connectivity index (χ4n) is 4.26. The van der Waals surface area contributed by atoms with Crippen molar-refractivity contribution in [1.29, 1.82) is 0 Å². The Hall–Kier alpha value is -0.920. The van der Waals surface area contributed by atoms with Gasteiger partial charge < -0.3 is 9.84 Å². The Morgan fingerprint density at radius 3 is 2.25 bits per heavy atom. The van der Waals surface area contributed by atoms with E-state index in [0.717, 1.165) is 11.8 Å². The lowest BCUT2D eigenvalue weighted by Crippen LogP contribution is -2.41. The van der Waals surface area contributed by atoms with E-state index in [1.165, 1.54) is 37.7 Å². The fourth-order valence-corrected chi connectivity index (χ4v) is 4.26. The van der Waals surface area contributed by atoms with E-state index in [4.69, 9.17) is 4.74 Å². The van der Waals surface area contributed by atoms with Crippen molar-refractivity contribution in [2.24, 2.45) is 23.7 Å². The van der Waals surface area contributed by atoms with Crippen LogP contribution in [0.2, 0.25) is 0 Å². The molecule has 4 saturated carbocycles. The van der Waals surface area contributed by atoms with Crippen molar-refractivity contribution >= 4 is 0 Å². The van der Waals surface area contributed by atoms with Crippen LogP contribution in [0.1, 0.15) is 32.1 Å². The van der Waals surface area contributed by atoms with E-state index in [1.807, 2.05) is 0 Å². The van der Waals surface area contributed by atoms with Crippen LogP contribution in [0.4, 0.5) is 0 Å². The van der Waals surface area contributed by atoms with Crippen molar-refractivity contribution < 1.29 is 9.84 Å². The third-order valence-electron chi connectivity index (χ3n) is 4.60. The number of ether oxygens (including phenoxy) is 1. The molecule has 4 fully saturated rings. The molecule has 0 saturated heterocycles. The zero-order valence-electron chi connectivity index (χ0n) is 9.69. The van der Waals surface area contributed by atoms with Gasteiger partial charge in [0.25, 0.3) is 5.95 Å². The highest BCUT2D eigenvalue weighted by Gasteiger charge is 2.47. The molecule has 0 unspecified atom stereocenters. The molecule has 1 N–H and O–H groups in total. The maximum Gasteiger partial charge on any atom is 0.276 e. The summed E-state index contributed by atoms with van der Waals surface area (Å²) in [6.45, 7) is 4.03. The predicted molar refractivity (Wildman–Crippen MR) is 62.8 cm³/mol. The summed E-state index contributed by atoms with van der Waals surface area (Å²) < 4.78 is 5.33. The second-order valence-corrected chi connectivity index (χ2v) is 5.66. The Balaban J connectivity index is 1.82. The van der Waals surface area contributed by atoms with E-state index >= 15 is 0 Å². The van der Waals surface area contributed by atoms with Gasteiger partial charge in [0.05, 0.1) is 0 Å². The standard InChI is InChI=1S/C14H20O2/c1-2-3-16-14(15)13-11-5-9-4-10(7-11)8-12(13)6-9/h2,9-12,15H,1,3-8H2. The first-order valence-electron chi connectivity index (χ1n) is 6.44. The molecule has 0 aromatic heterocycles. The molecule has 88 valence electrons. The molecule has 4 aliphatic carbocycles. The first kappa shape index (κ1) is 10.2. The smallest absolute Gasteiger partial charge is 0.276 e. The largest absolute Gasteiger partial charge is 0.481 e. The van der Waals surface area contributed by atoms with Crippen LogP contribution < -0.4 is 0 Å². The van der Waals surface area contributed by atoms with Gasteiger partial charge in [-0.1, -0.05) is 12.7 Å². The normalized spacial score (nSPS) is 39.9. The predicted octanol–water partition coefficient (Wildman–Crippen LogP) is 3.41. The number of rotatable bonds is 3. The summed E-state index contributed by atoms with van der Waals surface area (Å²) in [5.41, 5.74) is 1.23. The number of aliphatic hydroxyl groups excluding tert-OH is 1. The zero-order chi connectivity index (χ0) is 11.1. The average molecular weight is 220 g/mol. The molecule has 2 nitrogen and oxygen atoms in total. The molecule has 0 amide bonds. The van der Waals surface area contributed by atoms with Gasteiger partial charge in [-0.25, -0.2) is 0 Å². The number of allylic oxidation sites excluding steroid dienone is 1. The number of hydrogen-bond donors (Lipinski definition) is 1. The summed E-state index contributed by atoms with van der Waals surface area (Å²) in [4.78, 5) is 0. The van der Waals surface area contributed by atoms with Gasteiger partial charge in [0.15, 0.2) is 0 Å². The van der Waals surface area contributed by atoms with Crippen molar-refractivity contribution in [3.63, 3.8) is 0 Å². The average Bonchev–Trinajstić information content (AvgIpc) is 2.24. The monoisotopic (exact) mass is 220 g/mol. The van der Waals surface area contributed by atoms with Gasteiger partial charge in [-0.3, -0.25) is 0 Å². The Bertz CT molecular complexity index is 300. The van der Waals surface area contributed by atoms with E-state index < -0.39 is 0 Å². The molecule has 16 heavy (non-hydrogen) atoms. The molecule has 0 aromatic rings. The summed E-state index contributed by atoms with van der Waals surface area (Å²) in [5.74, 6) is 3.30. The highest BCUT2D eigenvalue weighted by molar-refractivity contribution is 5.20. The van der Waals surface area contributed by atoms with Crippen molar-refractivity contribution in [1.82, 2.24) is 0 Å². The Kier molecular flexibility index (Phi) is 2.45. The molecule has 0 radical (unpaired) electrons. The van der Waals surface area contributed by atoms with E-state index in [1.54, 1.807) is 6.08 Å². The molecule has 4 rings (SSSR count). The van der Waals surface area contributed by atoms with Crippen molar-refractivity contribution in [2.75, 3.05) is 6.61 Å². The van der Waals surface area contributed by atoms with Crippen molar-refractivity contribution in [3.05, 3.63) is 24.2 Å². The Morgan fingerprint density at radius 2 is 1.75 bits per heavy atom. The molecule has 0 aliphatic heterocycles. The second-order valence-electron chi connectivity index (χ2n) is 5.66. The van der Waals surface area contributed by atoms with Gasteiger partial charge in [0, 0.05) is 5.57 Å². The van der Waals surface area contributed by atoms with Gasteiger partial charge in [0.1, 0.15) is 6.61 Å². The van der Waals surface area contributed by atoms with Crippen LogP contribution >= 0.6 is 0 Å². The molecule has 0 atom stereocenters. The summed E-state index contributed by atoms with van der Waals surface area (Å²) in [6, 6.07) is 0. The van der Waals surface area contributed by atoms with Crippen molar-refractivity contribution in [2.45, 2.75) is 32.1 Å². The maximum absolute atomic E-state index is 10.0. The lowest BCUT2D eigenvalue weighted by Gasteiger charge is -2.51. The van der Waals surface area contributed by atoms with Crippen molar-refractivity contribution in [3.8, 4) is 0 Å². The van der Waals surface area contributed by atoms with E-state index in [2.05, 4.69) is 6.58 Å².